The smallest absolute Gasteiger partial charge is 0.123 e. The van der Waals surface area contributed by atoms with Gasteiger partial charge in [-0.15, -0.1) is 0 Å². The number of fused-ring (bicyclic) bond motifs is 2. The SMILES string of the molecule is CN1C2CCC1CC(C(N)Cc1cc(F)ccc1Cl)C2. The first-order valence-corrected chi connectivity index (χ1v) is 7.84. The van der Waals surface area contributed by atoms with Crippen molar-refractivity contribution in [2.24, 2.45) is 11.7 Å². The van der Waals surface area contributed by atoms with Gasteiger partial charge in [-0.1, -0.05) is 11.6 Å². The molecule has 3 atom stereocenters. The van der Waals surface area contributed by atoms with Crippen LogP contribution in [0.4, 0.5) is 4.39 Å². The third-order valence-electron chi connectivity index (χ3n) is 5.20. The molecule has 2 fully saturated rings. The van der Waals surface area contributed by atoms with Crippen molar-refractivity contribution in [3.8, 4) is 0 Å². The molecule has 0 amide bonds. The van der Waals surface area contributed by atoms with Crippen LogP contribution in [0.2, 0.25) is 5.02 Å². The Morgan fingerprint density at radius 1 is 1.35 bits per heavy atom. The minimum atomic E-state index is -0.236. The van der Waals surface area contributed by atoms with Crippen molar-refractivity contribution < 1.29 is 4.39 Å². The topological polar surface area (TPSA) is 29.3 Å². The summed E-state index contributed by atoms with van der Waals surface area (Å²) in [6.07, 6.45) is 5.60. The first-order valence-electron chi connectivity index (χ1n) is 7.46. The van der Waals surface area contributed by atoms with Crippen LogP contribution in [0.15, 0.2) is 18.2 Å². The van der Waals surface area contributed by atoms with E-state index in [-0.39, 0.29) is 11.9 Å². The Kier molecular flexibility index (Phi) is 4.02. The highest BCUT2D eigenvalue weighted by Gasteiger charge is 2.40. The lowest BCUT2D eigenvalue weighted by Gasteiger charge is -2.38. The molecule has 20 heavy (non-hydrogen) atoms. The van der Waals surface area contributed by atoms with E-state index in [0.717, 1.165) is 5.56 Å². The lowest BCUT2D eigenvalue weighted by molar-refractivity contribution is 0.120. The van der Waals surface area contributed by atoms with Crippen LogP contribution in [0.25, 0.3) is 0 Å². The largest absolute Gasteiger partial charge is 0.327 e. The van der Waals surface area contributed by atoms with Crippen LogP contribution >= 0.6 is 11.6 Å². The van der Waals surface area contributed by atoms with Gasteiger partial charge in [0.15, 0.2) is 0 Å². The molecule has 2 N–H and O–H groups in total. The highest BCUT2D eigenvalue weighted by Crippen LogP contribution is 2.39. The minimum Gasteiger partial charge on any atom is -0.327 e. The fraction of sp³-hybridized carbons (Fsp3) is 0.625. The molecule has 1 aromatic rings. The second kappa shape index (κ2) is 5.63. The number of nitrogens with two attached hydrogens (primary N) is 1. The molecule has 2 nitrogen and oxygen atoms in total. The van der Waals surface area contributed by atoms with Crippen LogP contribution < -0.4 is 5.73 Å². The molecule has 2 saturated heterocycles. The summed E-state index contributed by atoms with van der Waals surface area (Å²) in [6.45, 7) is 0. The second-order valence-electron chi connectivity index (χ2n) is 6.39. The van der Waals surface area contributed by atoms with Gasteiger partial charge in [0.1, 0.15) is 5.82 Å². The first-order chi connectivity index (χ1) is 9.54. The van der Waals surface area contributed by atoms with Crippen molar-refractivity contribution in [2.75, 3.05) is 7.05 Å². The van der Waals surface area contributed by atoms with E-state index >= 15 is 0 Å². The summed E-state index contributed by atoms with van der Waals surface area (Å²) in [5, 5.41) is 0.623. The molecule has 110 valence electrons. The first kappa shape index (κ1) is 14.3. The Balaban J connectivity index is 1.68. The summed E-state index contributed by atoms with van der Waals surface area (Å²) in [7, 11) is 2.23. The summed E-state index contributed by atoms with van der Waals surface area (Å²) >= 11 is 6.14. The maximum absolute atomic E-state index is 13.3. The normalized spacial score (nSPS) is 31.5. The molecule has 1 aromatic carbocycles. The number of rotatable bonds is 3. The molecule has 4 heteroatoms. The summed E-state index contributed by atoms with van der Waals surface area (Å²) in [5.41, 5.74) is 7.24. The van der Waals surface area contributed by atoms with Crippen LogP contribution in [0, 0.1) is 11.7 Å². The van der Waals surface area contributed by atoms with Crippen LogP contribution in [0.5, 0.6) is 0 Å². The standard InChI is InChI=1S/C16H22ClFN2/c1-20-13-3-4-14(20)8-11(7-13)16(19)9-10-6-12(18)2-5-15(10)17/h2,5-6,11,13-14,16H,3-4,7-9,19H2,1H3. The molecule has 0 radical (unpaired) electrons. The maximum Gasteiger partial charge on any atom is 0.123 e. The second-order valence-corrected chi connectivity index (χ2v) is 6.79. The third-order valence-corrected chi connectivity index (χ3v) is 5.57. The van der Waals surface area contributed by atoms with Gasteiger partial charge in [-0.3, -0.25) is 0 Å². The number of hydrogen-bond donors (Lipinski definition) is 1. The van der Waals surface area contributed by atoms with E-state index in [1.54, 1.807) is 6.07 Å². The van der Waals surface area contributed by atoms with Gasteiger partial charge in [-0.25, -0.2) is 4.39 Å². The van der Waals surface area contributed by atoms with Gasteiger partial charge in [0.05, 0.1) is 0 Å². The minimum absolute atomic E-state index is 0.0751. The number of benzene rings is 1. The highest BCUT2D eigenvalue weighted by atomic mass is 35.5. The predicted octanol–water partition coefficient (Wildman–Crippen LogP) is 3.22. The monoisotopic (exact) mass is 296 g/mol. The Hall–Kier alpha value is -0.640. The molecule has 0 aromatic heterocycles. The molecular weight excluding hydrogens is 275 g/mol. The molecule has 2 bridgehead atoms. The van der Waals surface area contributed by atoms with Crippen molar-refractivity contribution in [3.05, 3.63) is 34.6 Å². The fourth-order valence-corrected chi connectivity index (χ4v) is 4.12. The highest BCUT2D eigenvalue weighted by molar-refractivity contribution is 6.31. The summed E-state index contributed by atoms with van der Waals surface area (Å²) in [4.78, 5) is 2.51. The Morgan fingerprint density at radius 2 is 2.00 bits per heavy atom. The van der Waals surface area contributed by atoms with Crippen molar-refractivity contribution in [1.29, 1.82) is 0 Å². The quantitative estimate of drug-likeness (QED) is 0.928. The van der Waals surface area contributed by atoms with Crippen molar-refractivity contribution in [1.82, 2.24) is 4.90 Å². The number of nitrogens with zero attached hydrogens (tertiary/aromatic N) is 1. The summed E-state index contributed by atoms with van der Waals surface area (Å²) in [5.74, 6) is 0.295. The summed E-state index contributed by atoms with van der Waals surface area (Å²) < 4.78 is 13.3. The summed E-state index contributed by atoms with van der Waals surface area (Å²) in [6, 6.07) is 5.99. The molecule has 2 aliphatic rings. The third kappa shape index (κ3) is 2.72. The Morgan fingerprint density at radius 3 is 2.65 bits per heavy atom. The van der Waals surface area contributed by atoms with E-state index in [1.807, 2.05) is 0 Å². The average Bonchev–Trinajstić information content (AvgIpc) is 2.65. The molecule has 3 rings (SSSR count). The van der Waals surface area contributed by atoms with Gasteiger partial charge in [-0.2, -0.15) is 0 Å². The van der Waals surface area contributed by atoms with Gasteiger partial charge < -0.3 is 10.6 Å². The van der Waals surface area contributed by atoms with Crippen molar-refractivity contribution in [3.63, 3.8) is 0 Å². The Labute approximate surface area is 125 Å². The van der Waals surface area contributed by atoms with Gasteiger partial charge >= 0.3 is 0 Å². The van der Waals surface area contributed by atoms with Gasteiger partial charge in [0.25, 0.3) is 0 Å². The van der Waals surface area contributed by atoms with Crippen molar-refractivity contribution >= 4 is 11.6 Å². The van der Waals surface area contributed by atoms with Crippen molar-refractivity contribution in [2.45, 2.75) is 50.2 Å². The van der Waals surface area contributed by atoms with E-state index in [4.69, 9.17) is 17.3 Å². The van der Waals surface area contributed by atoms with E-state index in [9.17, 15) is 4.39 Å². The van der Waals surface area contributed by atoms with Gasteiger partial charge in [0, 0.05) is 23.1 Å². The van der Waals surface area contributed by atoms with E-state index in [1.165, 1.54) is 37.8 Å². The number of halogens is 2. The molecule has 2 aliphatic heterocycles. The number of hydrogen-bond acceptors (Lipinski definition) is 2. The van der Waals surface area contributed by atoms with Crippen LogP contribution in [0.1, 0.15) is 31.2 Å². The van der Waals surface area contributed by atoms with Crippen LogP contribution in [0.3, 0.4) is 0 Å². The lowest BCUT2D eigenvalue weighted by Crippen LogP contribution is -2.46. The molecular formula is C16H22ClFN2. The van der Waals surface area contributed by atoms with E-state index in [2.05, 4.69) is 11.9 Å². The zero-order valence-corrected chi connectivity index (χ0v) is 12.6. The predicted molar refractivity (Wildman–Crippen MR) is 80.4 cm³/mol. The Bertz CT molecular complexity index is 479. The lowest BCUT2D eigenvalue weighted by atomic mass is 9.83. The molecule has 0 saturated carbocycles. The molecule has 0 aliphatic carbocycles. The average molecular weight is 297 g/mol. The number of piperidine rings is 1. The van der Waals surface area contributed by atoms with Gasteiger partial charge in [0.2, 0.25) is 0 Å². The van der Waals surface area contributed by atoms with E-state index < -0.39 is 0 Å². The zero-order chi connectivity index (χ0) is 14.3. The van der Waals surface area contributed by atoms with Gasteiger partial charge in [-0.05, 0) is 68.8 Å². The zero-order valence-electron chi connectivity index (χ0n) is 11.9. The van der Waals surface area contributed by atoms with Crippen LogP contribution in [-0.2, 0) is 6.42 Å². The van der Waals surface area contributed by atoms with Crippen LogP contribution in [-0.4, -0.2) is 30.1 Å². The molecule has 3 unspecified atom stereocenters. The van der Waals surface area contributed by atoms with E-state index in [0.29, 0.717) is 29.4 Å². The molecule has 0 spiro atoms. The fourth-order valence-electron chi connectivity index (χ4n) is 3.92. The molecule has 2 heterocycles. The maximum atomic E-state index is 13.3.